The summed E-state index contributed by atoms with van der Waals surface area (Å²) >= 11 is 5.91. The molecule has 2 aromatic heterocycles. The van der Waals surface area contributed by atoms with E-state index in [4.69, 9.17) is 26.7 Å². The first-order chi connectivity index (χ1) is 37.3. The van der Waals surface area contributed by atoms with Crippen LogP contribution in [0.2, 0.25) is 0 Å². The summed E-state index contributed by atoms with van der Waals surface area (Å²) in [5, 5.41) is 27.7. The van der Waals surface area contributed by atoms with Gasteiger partial charge in [-0.05, 0) is 73.3 Å². The molecule has 4 atom stereocenters. The van der Waals surface area contributed by atoms with Crippen LogP contribution in [0.25, 0.3) is 22.3 Å². The van der Waals surface area contributed by atoms with Crippen molar-refractivity contribution in [3.05, 3.63) is 91.9 Å². The number of nitrogens with one attached hydrogen (secondary N) is 6. The number of likely N-dealkylation sites (tertiary alicyclic amines) is 1. The van der Waals surface area contributed by atoms with Gasteiger partial charge in [0.25, 0.3) is 0 Å². The first kappa shape index (κ1) is 56.7. The van der Waals surface area contributed by atoms with E-state index >= 15 is 4.39 Å². The minimum Gasteiger partial charge on any atom is -0.458 e. The van der Waals surface area contributed by atoms with E-state index in [2.05, 4.69) is 31.9 Å². The van der Waals surface area contributed by atoms with Crippen molar-refractivity contribution in [3.63, 3.8) is 0 Å². The molecule has 0 saturated carbocycles. The Hall–Kier alpha value is -7.50. The molecule has 1 fully saturated rings. The second kappa shape index (κ2) is 24.4. The number of carbonyl (C=O) groups is 9. The molecule has 4 aromatic rings. The molecule has 414 valence electrons. The van der Waals surface area contributed by atoms with E-state index in [9.17, 15) is 48.3 Å². The summed E-state index contributed by atoms with van der Waals surface area (Å²) in [4.78, 5) is 121. The molecule has 1 unspecified atom stereocenters. The van der Waals surface area contributed by atoms with E-state index in [0.717, 1.165) is 22.1 Å². The van der Waals surface area contributed by atoms with Gasteiger partial charge >= 0.3 is 5.97 Å². The number of fused-ring (bicyclic) bond motifs is 5. The van der Waals surface area contributed by atoms with Gasteiger partial charge in [0.2, 0.25) is 47.3 Å². The van der Waals surface area contributed by atoms with Crippen LogP contribution in [0.3, 0.4) is 0 Å². The number of amides is 8. The van der Waals surface area contributed by atoms with Crippen LogP contribution >= 0.6 is 12.2 Å². The number of hydrogen-bond acceptors (Lipinski definition) is 14. The van der Waals surface area contributed by atoms with Crippen molar-refractivity contribution in [1.82, 2.24) is 46.4 Å². The van der Waals surface area contributed by atoms with Crippen molar-refractivity contribution in [2.24, 2.45) is 11.8 Å². The standard InChI is InChI=1S/C55H64FN9O12S/c1-5-55(75)36-20-41-50-34(25-65(41)53(78)35(36)26-77-54(55)74)49-38(16-15-32-30(4)37(56)21-39(63-50)48(32)49)61-46(70)27-76-28-60-44(68)23-59-51(72)40(18-31-12-8-6-9-13-31)62-45(69)24-58-43(67)22-57-42(66)14-10-7-11-17-64-47(71)19-33(29(2)3)52(64)73/h6,8-9,12-13,20-21,29,33,38,40,75H,5,7,10-11,14-19,22-28H2,1-4H3,(H,57,66)(H,58,67)(H,59,72)(H,60,68)(H,61,70)(H,62,69)/t33?,38-,40-,55-/m0/s1. The zero-order valence-corrected chi connectivity index (χ0v) is 44.8. The summed E-state index contributed by atoms with van der Waals surface area (Å²) in [5.41, 5.74) is 3.77. The molecule has 5 heterocycles. The number of esters is 1. The topological polar surface area (TPSA) is 286 Å². The Kier molecular flexibility index (Phi) is 17.8. The zero-order chi connectivity index (χ0) is 56.0. The van der Waals surface area contributed by atoms with E-state index in [0.29, 0.717) is 82.4 Å². The Morgan fingerprint density at radius 2 is 1.63 bits per heavy atom. The largest absolute Gasteiger partial charge is 0.458 e. The van der Waals surface area contributed by atoms with Gasteiger partial charge < -0.3 is 51.0 Å². The normalized spacial score (nSPS) is 18.4. The third-order valence-electron chi connectivity index (χ3n) is 14.9. The smallest absolute Gasteiger partial charge is 0.343 e. The van der Waals surface area contributed by atoms with Crippen molar-refractivity contribution in [2.75, 3.05) is 39.5 Å². The van der Waals surface area contributed by atoms with Crippen molar-refractivity contribution < 1.29 is 62.1 Å². The molecule has 0 spiro atoms. The second-order valence-corrected chi connectivity index (χ2v) is 20.8. The Balaban J connectivity index is 0.790. The van der Waals surface area contributed by atoms with Crippen LogP contribution in [0.1, 0.15) is 111 Å². The first-order valence-corrected chi connectivity index (χ1v) is 26.6. The van der Waals surface area contributed by atoms with Gasteiger partial charge in [-0.3, -0.25) is 43.3 Å². The zero-order valence-electron chi connectivity index (χ0n) is 43.9. The molecule has 3 aliphatic heterocycles. The van der Waals surface area contributed by atoms with Crippen LogP contribution in [0.4, 0.5) is 4.39 Å². The molecule has 78 heavy (non-hydrogen) atoms. The fourth-order valence-corrected chi connectivity index (χ4v) is 10.9. The number of unbranched alkanes of at least 4 members (excludes halogenated alkanes) is 2. The van der Waals surface area contributed by atoms with E-state index in [1.807, 2.05) is 18.4 Å². The minimum absolute atomic E-state index is 0.0426. The molecule has 0 bridgehead atoms. The molecule has 1 aliphatic carbocycles. The van der Waals surface area contributed by atoms with Gasteiger partial charge in [-0.15, -0.1) is 0 Å². The maximum atomic E-state index is 15.4. The number of imide groups is 1. The van der Waals surface area contributed by atoms with Crippen LogP contribution < -0.4 is 31.9 Å². The minimum atomic E-state index is -1.92. The Morgan fingerprint density at radius 3 is 2.36 bits per heavy atom. The molecular formula is C55H64FN9O12S. The number of halogens is 1. The van der Waals surface area contributed by atoms with E-state index in [-0.39, 0.29) is 68.4 Å². The molecular weight excluding hydrogens is 1030 g/mol. The van der Waals surface area contributed by atoms with Gasteiger partial charge in [0.1, 0.15) is 36.4 Å². The average molecular weight is 1090 g/mol. The summed E-state index contributed by atoms with van der Waals surface area (Å²) in [6.07, 6.45) is 2.92. The fraction of sp³-hybridized carbons (Fsp3) is 0.473. The van der Waals surface area contributed by atoms with Crippen LogP contribution in [-0.2, 0) is 84.2 Å². The third kappa shape index (κ3) is 12.3. The Bertz CT molecular complexity index is 3150. The Morgan fingerprint density at radius 1 is 0.910 bits per heavy atom. The maximum absolute atomic E-state index is 15.4. The number of nitrogens with zero attached hydrogens (tertiary/aromatic N) is 3. The van der Waals surface area contributed by atoms with Crippen molar-refractivity contribution in [1.29, 1.82) is 0 Å². The van der Waals surface area contributed by atoms with Gasteiger partial charge in [0.05, 0.1) is 49.1 Å². The van der Waals surface area contributed by atoms with Crippen molar-refractivity contribution in [2.45, 2.75) is 116 Å². The number of carbonyl (C=O) groups excluding carboxylic acids is 9. The highest BCUT2D eigenvalue weighted by molar-refractivity contribution is 7.71. The molecule has 23 heteroatoms. The number of cyclic esters (lactones) is 1. The highest BCUT2D eigenvalue weighted by Gasteiger charge is 2.45. The molecule has 0 radical (unpaired) electrons. The average Bonchev–Trinajstić information content (AvgIpc) is 4.09. The summed E-state index contributed by atoms with van der Waals surface area (Å²) < 4.78 is 28.5. The van der Waals surface area contributed by atoms with Crippen molar-refractivity contribution >= 4 is 76.3 Å². The number of aromatic nitrogens is 2. The second-order valence-electron chi connectivity index (χ2n) is 20.4. The molecule has 8 amide bonds. The van der Waals surface area contributed by atoms with Crippen LogP contribution in [0.5, 0.6) is 0 Å². The SMILES string of the molecule is CC[C@@]1(O)C(=O)OCc2c1cc1n(c2=S)Cc2c-1nc1cc(F)c(C)c3c1c2[C@@H](NC(=O)COCNC(=O)CNC(=O)[C@H](Cc1ccccc1)NC(=O)CNC(=O)CNC(=O)CCCCCN1C(=O)CC(C(C)C)C1=O)CC3. The van der Waals surface area contributed by atoms with Gasteiger partial charge in [-0.2, -0.15) is 0 Å². The number of ether oxygens (including phenoxy) is 2. The molecule has 8 rings (SSSR count). The van der Waals surface area contributed by atoms with Crippen LogP contribution in [-0.4, -0.2) is 118 Å². The first-order valence-electron chi connectivity index (χ1n) is 26.2. The Labute approximate surface area is 454 Å². The molecule has 2 aromatic carbocycles. The summed E-state index contributed by atoms with van der Waals surface area (Å²) in [6.45, 7) is 5.38. The highest BCUT2D eigenvalue weighted by atomic mass is 32.1. The van der Waals surface area contributed by atoms with Gasteiger partial charge in [-0.25, -0.2) is 14.2 Å². The van der Waals surface area contributed by atoms with Crippen LogP contribution in [0.15, 0.2) is 42.5 Å². The van der Waals surface area contributed by atoms with Gasteiger partial charge in [-0.1, -0.05) is 69.7 Å². The predicted molar refractivity (Wildman–Crippen MR) is 281 cm³/mol. The summed E-state index contributed by atoms with van der Waals surface area (Å²) in [5.74, 6) is -5.34. The molecule has 4 aliphatic rings. The maximum Gasteiger partial charge on any atom is 0.343 e. The highest BCUT2D eigenvalue weighted by Crippen LogP contribution is 2.47. The summed E-state index contributed by atoms with van der Waals surface area (Å²) in [6, 6.07) is 10.1. The molecule has 7 N–H and O–H groups in total. The lowest BCUT2D eigenvalue weighted by Gasteiger charge is -2.32. The number of aliphatic hydroxyl groups is 1. The molecule has 1 saturated heterocycles. The van der Waals surface area contributed by atoms with E-state index in [1.54, 1.807) is 50.2 Å². The van der Waals surface area contributed by atoms with Gasteiger partial charge in [0, 0.05) is 59.9 Å². The predicted octanol–water partition coefficient (Wildman–Crippen LogP) is 2.76. The summed E-state index contributed by atoms with van der Waals surface area (Å²) in [7, 11) is 0. The lowest BCUT2D eigenvalue weighted by molar-refractivity contribution is -0.172. The van der Waals surface area contributed by atoms with E-state index in [1.165, 1.54) is 11.0 Å². The lowest BCUT2D eigenvalue weighted by Crippen LogP contribution is -2.52. The monoisotopic (exact) mass is 1090 g/mol. The fourth-order valence-electron chi connectivity index (χ4n) is 10.6. The van der Waals surface area contributed by atoms with Gasteiger partial charge in [0.15, 0.2) is 5.60 Å². The number of rotatable bonds is 23. The number of hydrogen-bond donors (Lipinski definition) is 7. The van der Waals surface area contributed by atoms with Crippen LogP contribution in [0, 0.1) is 29.2 Å². The number of pyridine rings is 2. The molecule has 21 nitrogen and oxygen atoms in total. The number of benzene rings is 2. The lowest BCUT2D eigenvalue weighted by atomic mass is 9.81. The number of aryl methyl sites for hydroxylation is 1. The van der Waals surface area contributed by atoms with E-state index < -0.39 is 92.0 Å². The third-order valence-corrected chi connectivity index (χ3v) is 15.4. The van der Waals surface area contributed by atoms with Crippen molar-refractivity contribution in [3.8, 4) is 11.4 Å². The quantitative estimate of drug-likeness (QED) is 0.0163.